The zero-order chi connectivity index (χ0) is 11.7. The molecule has 0 unspecified atom stereocenters. The van der Waals surface area contributed by atoms with E-state index >= 15 is 0 Å². The number of benzene rings is 1. The van der Waals surface area contributed by atoms with Gasteiger partial charge in [-0.25, -0.2) is 0 Å². The van der Waals surface area contributed by atoms with Crippen LogP contribution in [0.1, 0.15) is 5.56 Å². The predicted octanol–water partition coefficient (Wildman–Crippen LogP) is 3.31. The van der Waals surface area contributed by atoms with Crippen molar-refractivity contribution in [1.82, 2.24) is 10.2 Å². The molecule has 4 nitrogen and oxygen atoms in total. The average Bonchev–Trinajstić information content (AvgIpc) is 3.00. The fourth-order valence-electron chi connectivity index (χ4n) is 1.54. The van der Waals surface area contributed by atoms with Gasteiger partial charge < -0.3 is 8.83 Å². The van der Waals surface area contributed by atoms with E-state index in [0.717, 1.165) is 5.56 Å². The van der Waals surface area contributed by atoms with Crippen molar-refractivity contribution >= 4 is 0 Å². The van der Waals surface area contributed by atoms with Crippen LogP contribution in [-0.4, -0.2) is 10.2 Å². The molecule has 0 saturated carbocycles. The molecule has 3 aromatic rings. The number of nitrogens with zero attached hydrogens (tertiary/aromatic N) is 2. The van der Waals surface area contributed by atoms with Crippen molar-refractivity contribution in [3.05, 3.63) is 48.2 Å². The quantitative estimate of drug-likeness (QED) is 0.672. The smallest absolute Gasteiger partial charge is 0.283 e. The third kappa shape index (κ3) is 1.85. The average molecular weight is 226 g/mol. The summed E-state index contributed by atoms with van der Waals surface area (Å²) >= 11 is 0. The summed E-state index contributed by atoms with van der Waals surface area (Å²) in [5, 5.41) is 7.94. The van der Waals surface area contributed by atoms with Crippen molar-refractivity contribution in [2.45, 2.75) is 6.92 Å². The molecular weight excluding hydrogens is 216 g/mol. The molecule has 0 saturated heterocycles. The topological polar surface area (TPSA) is 52.1 Å². The number of furan rings is 1. The lowest BCUT2D eigenvalue weighted by molar-refractivity contribution is 0.523. The Labute approximate surface area is 97.9 Å². The summed E-state index contributed by atoms with van der Waals surface area (Å²) in [4.78, 5) is 0. The van der Waals surface area contributed by atoms with Crippen LogP contribution in [0.3, 0.4) is 0 Å². The molecule has 0 aliphatic rings. The predicted molar refractivity (Wildman–Crippen MR) is 62.2 cm³/mol. The van der Waals surface area contributed by atoms with Crippen molar-refractivity contribution in [2.75, 3.05) is 0 Å². The molecule has 0 bridgehead atoms. The maximum absolute atomic E-state index is 5.54. The molecule has 0 spiro atoms. The SMILES string of the molecule is Cc1ccc(-c2nnc(-c3ccco3)o2)cc1. The molecule has 3 rings (SSSR count). The van der Waals surface area contributed by atoms with E-state index in [4.69, 9.17) is 8.83 Å². The summed E-state index contributed by atoms with van der Waals surface area (Å²) in [5.41, 5.74) is 2.10. The molecule has 0 radical (unpaired) electrons. The molecule has 2 heterocycles. The third-order valence-electron chi connectivity index (χ3n) is 2.46. The van der Waals surface area contributed by atoms with Crippen molar-refractivity contribution in [2.24, 2.45) is 0 Å². The lowest BCUT2D eigenvalue weighted by Gasteiger charge is -1.94. The second-order valence-electron chi connectivity index (χ2n) is 3.76. The second-order valence-corrected chi connectivity index (χ2v) is 3.76. The van der Waals surface area contributed by atoms with Gasteiger partial charge in [-0.3, -0.25) is 0 Å². The van der Waals surface area contributed by atoms with Gasteiger partial charge in [0.25, 0.3) is 5.89 Å². The van der Waals surface area contributed by atoms with Gasteiger partial charge in [0.2, 0.25) is 5.89 Å². The van der Waals surface area contributed by atoms with Gasteiger partial charge in [-0.15, -0.1) is 10.2 Å². The Morgan fingerprint density at radius 1 is 0.941 bits per heavy atom. The summed E-state index contributed by atoms with van der Waals surface area (Å²) in [6.45, 7) is 2.03. The molecule has 0 amide bonds. The maximum Gasteiger partial charge on any atom is 0.283 e. The Hall–Kier alpha value is -2.36. The Morgan fingerprint density at radius 3 is 2.41 bits per heavy atom. The van der Waals surface area contributed by atoms with Gasteiger partial charge in [-0.05, 0) is 31.2 Å². The molecule has 84 valence electrons. The van der Waals surface area contributed by atoms with E-state index in [9.17, 15) is 0 Å². The Balaban J connectivity index is 1.98. The lowest BCUT2D eigenvalue weighted by atomic mass is 10.1. The third-order valence-corrected chi connectivity index (χ3v) is 2.46. The Kier molecular flexibility index (Phi) is 2.26. The van der Waals surface area contributed by atoms with Crippen LogP contribution in [0.25, 0.3) is 23.1 Å². The number of hydrogen-bond acceptors (Lipinski definition) is 4. The second kappa shape index (κ2) is 3.90. The van der Waals surface area contributed by atoms with Crippen LogP contribution in [0.4, 0.5) is 0 Å². The normalized spacial score (nSPS) is 10.6. The highest BCUT2D eigenvalue weighted by molar-refractivity contribution is 5.55. The van der Waals surface area contributed by atoms with Crippen LogP contribution in [-0.2, 0) is 0 Å². The van der Waals surface area contributed by atoms with E-state index in [2.05, 4.69) is 10.2 Å². The van der Waals surface area contributed by atoms with E-state index in [1.165, 1.54) is 5.56 Å². The van der Waals surface area contributed by atoms with E-state index in [1.807, 2.05) is 31.2 Å². The Bertz CT molecular complexity index is 609. The highest BCUT2D eigenvalue weighted by Gasteiger charge is 2.11. The van der Waals surface area contributed by atoms with Crippen molar-refractivity contribution in [3.8, 4) is 23.1 Å². The van der Waals surface area contributed by atoms with E-state index in [-0.39, 0.29) is 0 Å². The van der Waals surface area contributed by atoms with Crippen molar-refractivity contribution < 1.29 is 8.83 Å². The first-order chi connectivity index (χ1) is 8.33. The summed E-state index contributed by atoms with van der Waals surface area (Å²) in [7, 11) is 0. The van der Waals surface area contributed by atoms with Gasteiger partial charge in [0, 0.05) is 5.56 Å². The van der Waals surface area contributed by atoms with Crippen LogP contribution < -0.4 is 0 Å². The monoisotopic (exact) mass is 226 g/mol. The molecule has 4 heteroatoms. The minimum absolute atomic E-state index is 0.394. The molecule has 0 aliphatic heterocycles. The van der Waals surface area contributed by atoms with Crippen LogP contribution >= 0.6 is 0 Å². The summed E-state index contributed by atoms with van der Waals surface area (Å²) in [6, 6.07) is 11.5. The summed E-state index contributed by atoms with van der Waals surface area (Å²) in [5.74, 6) is 1.47. The molecule has 0 fully saturated rings. The standard InChI is InChI=1S/C13H10N2O2/c1-9-4-6-10(7-5-9)12-14-15-13(17-12)11-3-2-8-16-11/h2-8H,1H3. The van der Waals surface area contributed by atoms with Crippen LogP contribution in [0.15, 0.2) is 51.5 Å². The highest BCUT2D eigenvalue weighted by Crippen LogP contribution is 2.23. The summed E-state index contributed by atoms with van der Waals surface area (Å²) < 4.78 is 10.7. The van der Waals surface area contributed by atoms with E-state index < -0.39 is 0 Å². The molecule has 2 aromatic heterocycles. The number of hydrogen-bond donors (Lipinski definition) is 0. The Morgan fingerprint density at radius 2 is 1.71 bits per heavy atom. The fraction of sp³-hybridized carbons (Fsp3) is 0.0769. The maximum atomic E-state index is 5.54. The molecule has 1 aromatic carbocycles. The first-order valence-corrected chi connectivity index (χ1v) is 5.27. The molecule has 17 heavy (non-hydrogen) atoms. The minimum Gasteiger partial charge on any atom is -0.459 e. The zero-order valence-electron chi connectivity index (χ0n) is 9.25. The first kappa shape index (κ1) is 9.84. The van der Waals surface area contributed by atoms with Gasteiger partial charge in [0.1, 0.15) is 0 Å². The van der Waals surface area contributed by atoms with Gasteiger partial charge in [-0.1, -0.05) is 17.7 Å². The summed E-state index contributed by atoms with van der Waals surface area (Å²) in [6.07, 6.45) is 1.57. The van der Waals surface area contributed by atoms with Crippen LogP contribution in [0.5, 0.6) is 0 Å². The van der Waals surface area contributed by atoms with Crippen molar-refractivity contribution in [3.63, 3.8) is 0 Å². The van der Waals surface area contributed by atoms with Crippen LogP contribution in [0, 0.1) is 6.92 Å². The zero-order valence-corrected chi connectivity index (χ0v) is 9.25. The van der Waals surface area contributed by atoms with Crippen LogP contribution in [0.2, 0.25) is 0 Å². The lowest BCUT2D eigenvalue weighted by Crippen LogP contribution is -1.77. The number of aromatic nitrogens is 2. The molecule has 0 atom stereocenters. The first-order valence-electron chi connectivity index (χ1n) is 5.27. The van der Waals surface area contributed by atoms with E-state index in [1.54, 1.807) is 18.4 Å². The minimum atomic E-state index is 0.394. The largest absolute Gasteiger partial charge is 0.459 e. The van der Waals surface area contributed by atoms with Gasteiger partial charge in [0.05, 0.1) is 6.26 Å². The van der Waals surface area contributed by atoms with Crippen molar-refractivity contribution in [1.29, 1.82) is 0 Å². The van der Waals surface area contributed by atoms with E-state index in [0.29, 0.717) is 17.5 Å². The number of aryl methyl sites for hydroxylation is 1. The van der Waals surface area contributed by atoms with Gasteiger partial charge in [0.15, 0.2) is 5.76 Å². The van der Waals surface area contributed by atoms with Gasteiger partial charge in [-0.2, -0.15) is 0 Å². The molecule has 0 N–H and O–H groups in total. The highest BCUT2D eigenvalue weighted by atomic mass is 16.4. The molecule has 0 aliphatic carbocycles. The van der Waals surface area contributed by atoms with Gasteiger partial charge >= 0.3 is 0 Å². The fourth-order valence-corrected chi connectivity index (χ4v) is 1.54. The number of rotatable bonds is 2. The molecular formula is C13H10N2O2.